The zero-order valence-electron chi connectivity index (χ0n) is 12.8. The van der Waals surface area contributed by atoms with Crippen LogP contribution in [0.4, 0.5) is 5.69 Å². The summed E-state index contributed by atoms with van der Waals surface area (Å²) in [5.74, 6) is -1.66. The Balaban J connectivity index is 2.17. The van der Waals surface area contributed by atoms with Gasteiger partial charge >= 0.3 is 5.97 Å². The first-order valence-corrected chi connectivity index (χ1v) is 7.53. The Morgan fingerprint density at radius 1 is 1.19 bits per heavy atom. The molecule has 21 heavy (non-hydrogen) atoms. The van der Waals surface area contributed by atoms with Gasteiger partial charge in [-0.3, -0.25) is 9.59 Å². The van der Waals surface area contributed by atoms with Crippen LogP contribution < -0.4 is 5.32 Å². The van der Waals surface area contributed by atoms with E-state index in [1.54, 1.807) is 0 Å². The van der Waals surface area contributed by atoms with Crippen LogP contribution in [-0.4, -0.2) is 17.0 Å². The summed E-state index contributed by atoms with van der Waals surface area (Å²) in [6.07, 6.45) is 2.21. The molecular weight excluding hydrogens is 266 g/mol. The minimum atomic E-state index is -0.854. The molecular formula is C17H23NO3. The molecule has 0 saturated heterocycles. The fourth-order valence-electron chi connectivity index (χ4n) is 3.27. The highest BCUT2D eigenvalue weighted by Crippen LogP contribution is 2.39. The van der Waals surface area contributed by atoms with Gasteiger partial charge in [-0.25, -0.2) is 0 Å². The van der Waals surface area contributed by atoms with E-state index in [1.807, 2.05) is 32.0 Å². The number of aryl methyl sites for hydroxylation is 2. The molecule has 1 aliphatic carbocycles. The molecule has 4 nitrogen and oxygen atoms in total. The summed E-state index contributed by atoms with van der Waals surface area (Å²) in [6, 6.07) is 5.84. The van der Waals surface area contributed by atoms with Gasteiger partial charge in [0.1, 0.15) is 0 Å². The van der Waals surface area contributed by atoms with Crippen molar-refractivity contribution in [2.45, 2.75) is 40.0 Å². The molecule has 0 heterocycles. The van der Waals surface area contributed by atoms with Crippen LogP contribution in [0.5, 0.6) is 0 Å². The van der Waals surface area contributed by atoms with E-state index in [1.165, 1.54) is 0 Å². The number of carbonyl (C=O) groups is 2. The molecule has 0 aliphatic heterocycles. The van der Waals surface area contributed by atoms with Crippen LogP contribution in [0.15, 0.2) is 18.2 Å². The molecule has 1 aromatic carbocycles. The van der Waals surface area contributed by atoms with Crippen molar-refractivity contribution < 1.29 is 14.7 Å². The predicted octanol–water partition coefficient (Wildman–Crippen LogP) is 3.38. The monoisotopic (exact) mass is 289 g/mol. The number of aliphatic carboxylic acids is 1. The number of carbonyl (C=O) groups excluding carboxylic acids is 1. The lowest BCUT2D eigenvalue weighted by atomic mass is 9.95. The fraction of sp³-hybridized carbons (Fsp3) is 0.529. The third kappa shape index (κ3) is 3.26. The second-order valence-electron chi connectivity index (χ2n) is 6.05. The van der Waals surface area contributed by atoms with Gasteiger partial charge in [-0.15, -0.1) is 0 Å². The summed E-state index contributed by atoms with van der Waals surface area (Å²) in [5.41, 5.74) is 2.81. The molecule has 1 amide bonds. The first kappa shape index (κ1) is 15.5. The number of rotatable bonds is 4. The van der Waals surface area contributed by atoms with Crippen LogP contribution in [0.1, 0.15) is 37.3 Å². The SMILES string of the molecule is CCC1C[C@H](C(=O)Nc2c(C)cccc2C)[C@H](C(=O)O)C1. The van der Waals surface area contributed by atoms with Crippen molar-refractivity contribution in [2.75, 3.05) is 5.32 Å². The van der Waals surface area contributed by atoms with E-state index in [0.717, 1.165) is 23.2 Å². The Labute approximate surface area is 125 Å². The zero-order chi connectivity index (χ0) is 15.6. The van der Waals surface area contributed by atoms with Crippen molar-refractivity contribution in [2.24, 2.45) is 17.8 Å². The molecule has 0 bridgehead atoms. The lowest BCUT2D eigenvalue weighted by Crippen LogP contribution is -2.30. The van der Waals surface area contributed by atoms with Crippen molar-refractivity contribution in [3.8, 4) is 0 Å². The third-order valence-corrected chi connectivity index (χ3v) is 4.62. The van der Waals surface area contributed by atoms with Gasteiger partial charge in [-0.1, -0.05) is 31.5 Å². The van der Waals surface area contributed by atoms with Gasteiger partial charge in [0.2, 0.25) is 5.91 Å². The molecule has 1 fully saturated rings. The number of para-hydroxylation sites is 1. The van der Waals surface area contributed by atoms with Crippen LogP contribution in [0.3, 0.4) is 0 Å². The van der Waals surface area contributed by atoms with Gasteiger partial charge in [0.25, 0.3) is 0 Å². The molecule has 2 rings (SSSR count). The van der Waals surface area contributed by atoms with Crippen molar-refractivity contribution in [3.63, 3.8) is 0 Å². The average Bonchev–Trinajstić information content (AvgIpc) is 2.87. The first-order chi connectivity index (χ1) is 9.93. The van der Waals surface area contributed by atoms with Crippen molar-refractivity contribution in [3.05, 3.63) is 29.3 Å². The zero-order valence-corrected chi connectivity index (χ0v) is 12.8. The number of anilines is 1. The Morgan fingerprint density at radius 3 is 2.29 bits per heavy atom. The topological polar surface area (TPSA) is 66.4 Å². The maximum absolute atomic E-state index is 12.5. The molecule has 0 spiro atoms. The standard InChI is InChI=1S/C17H23NO3/c1-4-12-8-13(14(9-12)17(20)21)16(19)18-15-10(2)6-5-7-11(15)3/h5-7,12-14H,4,8-9H2,1-3H3,(H,18,19)(H,20,21)/t12?,13-,14+/m0/s1. The van der Waals surface area contributed by atoms with Gasteiger partial charge in [0.15, 0.2) is 0 Å². The van der Waals surface area contributed by atoms with Crippen LogP contribution in [0, 0.1) is 31.6 Å². The highest BCUT2D eigenvalue weighted by Gasteiger charge is 2.42. The Hall–Kier alpha value is -1.84. The maximum Gasteiger partial charge on any atom is 0.307 e. The minimum absolute atomic E-state index is 0.157. The molecule has 0 aromatic heterocycles. The first-order valence-electron chi connectivity index (χ1n) is 7.53. The van der Waals surface area contributed by atoms with Crippen LogP contribution in [0.25, 0.3) is 0 Å². The third-order valence-electron chi connectivity index (χ3n) is 4.62. The molecule has 3 atom stereocenters. The van der Waals surface area contributed by atoms with Crippen molar-refractivity contribution in [1.29, 1.82) is 0 Å². The minimum Gasteiger partial charge on any atom is -0.481 e. The second-order valence-corrected chi connectivity index (χ2v) is 6.05. The molecule has 2 N–H and O–H groups in total. The normalized spacial score (nSPS) is 24.8. The van der Waals surface area contributed by atoms with E-state index in [4.69, 9.17) is 0 Å². The predicted molar refractivity (Wildman–Crippen MR) is 82.2 cm³/mol. The number of nitrogens with one attached hydrogen (secondary N) is 1. The number of benzene rings is 1. The number of carboxylic acids is 1. The smallest absolute Gasteiger partial charge is 0.307 e. The number of carboxylic acid groups (broad SMARTS) is 1. The molecule has 114 valence electrons. The van der Waals surface area contributed by atoms with E-state index >= 15 is 0 Å². The summed E-state index contributed by atoms with van der Waals surface area (Å²) in [7, 11) is 0. The van der Waals surface area contributed by atoms with E-state index in [-0.39, 0.29) is 5.91 Å². The summed E-state index contributed by atoms with van der Waals surface area (Å²) >= 11 is 0. The average molecular weight is 289 g/mol. The molecule has 0 radical (unpaired) electrons. The Bertz CT molecular complexity index is 533. The molecule has 1 saturated carbocycles. The van der Waals surface area contributed by atoms with E-state index < -0.39 is 17.8 Å². The van der Waals surface area contributed by atoms with Crippen molar-refractivity contribution in [1.82, 2.24) is 0 Å². The number of amides is 1. The lowest BCUT2D eigenvalue weighted by Gasteiger charge is -2.18. The quantitative estimate of drug-likeness (QED) is 0.893. The van der Waals surface area contributed by atoms with Gasteiger partial charge in [-0.05, 0) is 43.7 Å². The van der Waals surface area contributed by atoms with Crippen LogP contribution in [-0.2, 0) is 9.59 Å². The Kier molecular flexibility index (Phi) is 4.66. The summed E-state index contributed by atoms with van der Waals surface area (Å²) in [5, 5.41) is 12.3. The van der Waals surface area contributed by atoms with E-state index in [2.05, 4.69) is 12.2 Å². The van der Waals surface area contributed by atoms with Crippen molar-refractivity contribution >= 4 is 17.6 Å². The highest BCUT2D eigenvalue weighted by atomic mass is 16.4. The summed E-state index contributed by atoms with van der Waals surface area (Å²) < 4.78 is 0. The molecule has 1 aliphatic rings. The van der Waals surface area contributed by atoms with Gasteiger partial charge in [0, 0.05) is 5.69 Å². The fourth-order valence-corrected chi connectivity index (χ4v) is 3.27. The van der Waals surface area contributed by atoms with Gasteiger partial charge in [0.05, 0.1) is 11.8 Å². The molecule has 1 unspecified atom stereocenters. The summed E-state index contributed by atoms with van der Waals surface area (Å²) in [4.78, 5) is 23.9. The molecule has 4 heteroatoms. The van der Waals surface area contributed by atoms with Crippen LogP contribution in [0.2, 0.25) is 0 Å². The summed E-state index contributed by atoms with van der Waals surface area (Å²) in [6.45, 7) is 5.94. The Morgan fingerprint density at radius 2 is 1.76 bits per heavy atom. The van der Waals surface area contributed by atoms with E-state index in [9.17, 15) is 14.7 Å². The highest BCUT2D eigenvalue weighted by molar-refractivity contribution is 5.96. The molecule has 1 aromatic rings. The lowest BCUT2D eigenvalue weighted by molar-refractivity contribution is -0.145. The largest absolute Gasteiger partial charge is 0.481 e. The van der Waals surface area contributed by atoms with E-state index in [0.29, 0.717) is 18.8 Å². The maximum atomic E-state index is 12.5. The van der Waals surface area contributed by atoms with Gasteiger partial charge < -0.3 is 10.4 Å². The second kappa shape index (κ2) is 6.29. The van der Waals surface area contributed by atoms with Crippen LogP contribution >= 0.6 is 0 Å². The number of hydrogen-bond acceptors (Lipinski definition) is 2. The van der Waals surface area contributed by atoms with Gasteiger partial charge in [-0.2, -0.15) is 0 Å². The number of hydrogen-bond donors (Lipinski definition) is 2.